The molecular weight excluding hydrogens is 272 g/mol. The molecule has 0 saturated heterocycles. The molecule has 5 heteroatoms. The van der Waals surface area contributed by atoms with Gasteiger partial charge in [-0.15, -0.1) is 0 Å². The Balaban J connectivity index is 1.90. The van der Waals surface area contributed by atoms with Crippen LogP contribution in [0, 0.1) is 11.6 Å². The highest BCUT2D eigenvalue weighted by atomic mass is 19.2. The molecule has 0 amide bonds. The molecule has 0 radical (unpaired) electrons. The first-order valence-electron chi connectivity index (χ1n) is 6.82. The first-order valence-corrected chi connectivity index (χ1v) is 6.82. The maximum absolute atomic E-state index is 13.6. The van der Waals surface area contributed by atoms with E-state index in [1.165, 1.54) is 12.1 Å². The lowest BCUT2D eigenvalue weighted by Gasteiger charge is -2.09. The molecule has 0 aliphatic carbocycles. The van der Waals surface area contributed by atoms with Crippen molar-refractivity contribution in [3.63, 3.8) is 0 Å². The van der Waals surface area contributed by atoms with Gasteiger partial charge >= 0.3 is 0 Å². The van der Waals surface area contributed by atoms with E-state index in [0.717, 1.165) is 29.5 Å². The SMILES string of the molecule is CCn1c(CNc2cccc(F)c2F)nc2ccccc21. The van der Waals surface area contributed by atoms with E-state index in [1.54, 1.807) is 0 Å². The number of fused-ring (bicyclic) bond motifs is 1. The van der Waals surface area contributed by atoms with Crippen LogP contribution in [0.3, 0.4) is 0 Å². The van der Waals surface area contributed by atoms with Crippen LogP contribution in [0.25, 0.3) is 11.0 Å². The van der Waals surface area contributed by atoms with Crippen molar-refractivity contribution in [3.05, 3.63) is 59.9 Å². The van der Waals surface area contributed by atoms with Crippen molar-refractivity contribution in [1.82, 2.24) is 9.55 Å². The van der Waals surface area contributed by atoms with Gasteiger partial charge in [-0.25, -0.2) is 13.8 Å². The van der Waals surface area contributed by atoms with Crippen molar-refractivity contribution in [3.8, 4) is 0 Å². The Hall–Kier alpha value is -2.43. The van der Waals surface area contributed by atoms with Gasteiger partial charge in [-0.2, -0.15) is 0 Å². The van der Waals surface area contributed by atoms with E-state index in [1.807, 2.05) is 31.2 Å². The number of rotatable bonds is 4. The van der Waals surface area contributed by atoms with Gasteiger partial charge < -0.3 is 9.88 Å². The topological polar surface area (TPSA) is 29.9 Å². The highest BCUT2D eigenvalue weighted by molar-refractivity contribution is 5.76. The van der Waals surface area contributed by atoms with Crippen LogP contribution in [0.2, 0.25) is 0 Å². The molecule has 0 unspecified atom stereocenters. The summed E-state index contributed by atoms with van der Waals surface area (Å²) < 4.78 is 28.9. The quantitative estimate of drug-likeness (QED) is 0.787. The van der Waals surface area contributed by atoms with E-state index in [-0.39, 0.29) is 5.69 Å². The Bertz CT molecular complexity index is 780. The normalized spacial score (nSPS) is 11.0. The van der Waals surface area contributed by atoms with E-state index < -0.39 is 11.6 Å². The molecule has 3 rings (SSSR count). The number of nitrogens with one attached hydrogen (secondary N) is 1. The lowest BCUT2D eigenvalue weighted by molar-refractivity contribution is 0.510. The molecule has 3 aromatic rings. The van der Waals surface area contributed by atoms with Crippen molar-refractivity contribution >= 4 is 16.7 Å². The van der Waals surface area contributed by atoms with E-state index in [4.69, 9.17) is 0 Å². The Morgan fingerprint density at radius 3 is 2.71 bits per heavy atom. The lowest BCUT2D eigenvalue weighted by atomic mass is 10.3. The smallest absolute Gasteiger partial charge is 0.181 e. The fourth-order valence-corrected chi connectivity index (χ4v) is 2.43. The van der Waals surface area contributed by atoms with Gasteiger partial charge in [0.2, 0.25) is 0 Å². The Kier molecular flexibility index (Phi) is 3.56. The maximum Gasteiger partial charge on any atom is 0.181 e. The maximum atomic E-state index is 13.6. The second-order valence-electron chi connectivity index (χ2n) is 4.72. The predicted octanol–water partition coefficient (Wildman–Crippen LogP) is 3.95. The third-order valence-electron chi connectivity index (χ3n) is 3.44. The summed E-state index contributed by atoms with van der Waals surface area (Å²) in [5.74, 6) is -0.928. The molecule has 2 aromatic carbocycles. The number of aryl methyl sites for hydroxylation is 1. The third kappa shape index (κ3) is 2.46. The largest absolute Gasteiger partial charge is 0.375 e. The summed E-state index contributed by atoms with van der Waals surface area (Å²) in [4.78, 5) is 4.53. The van der Waals surface area contributed by atoms with Crippen molar-refractivity contribution in [2.24, 2.45) is 0 Å². The Morgan fingerprint density at radius 1 is 1.10 bits per heavy atom. The Morgan fingerprint density at radius 2 is 1.90 bits per heavy atom. The second kappa shape index (κ2) is 5.52. The zero-order chi connectivity index (χ0) is 14.8. The summed E-state index contributed by atoms with van der Waals surface area (Å²) >= 11 is 0. The number of nitrogens with zero attached hydrogens (tertiary/aromatic N) is 2. The molecule has 1 N–H and O–H groups in total. The average molecular weight is 287 g/mol. The second-order valence-corrected chi connectivity index (χ2v) is 4.72. The van der Waals surface area contributed by atoms with Crippen LogP contribution in [0.15, 0.2) is 42.5 Å². The molecule has 0 fully saturated rings. The molecule has 0 aliphatic heterocycles. The van der Waals surface area contributed by atoms with Crippen molar-refractivity contribution in [2.75, 3.05) is 5.32 Å². The van der Waals surface area contributed by atoms with Gasteiger partial charge in [-0.3, -0.25) is 0 Å². The van der Waals surface area contributed by atoms with Gasteiger partial charge in [0.15, 0.2) is 11.6 Å². The Labute approximate surface area is 121 Å². The lowest BCUT2D eigenvalue weighted by Crippen LogP contribution is -2.09. The summed E-state index contributed by atoms with van der Waals surface area (Å²) in [5, 5.41) is 2.91. The number of halogens is 2. The van der Waals surface area contributed by atoms with Gasteiger partial charge in [-0.05, 0) is 31.2 Å². The minimum atomic E-state index is -0.864. The molecule has 0 saturated carbocycles. The van der Waals surface area contributed by atoms with E-state index in [2.05, 4.69) is 14.9 Å². The summed E-state index contributed by atoms with van der Waals surface area (Å²) in [5.41, 5.74) is 2.08. The minimum absolute atomic E-state index is 0.143. The van der Waals surface area contributed by atoms with E-state index in [0.29, 0.717) is 6.54 Å². The van der Waals surface area contributed by atoms with Gasteiger partial charge in [0.05, 0.1) is 23.3 Å². The molecule has 3 nitrogen and oxygen atoms in total. The van der Waals surface area contributed by atoms with Gasteiger partial charge in [0.25, 0.3) is 0 Å². The molecule has 0 bridgehead atoms. The number of aromatic nitrogens is 2. The van der Waals surface area contributed by atoms with Crippen LogP contribution >= 0.6 is 0 Å². The monoisotopic (exact) mass is 287 g/mol. The number of benzene rings is 2. The summed E-state index contributed by atoms with van der Waals surface area (Å²) in [6.45, 7) is 3.13. The average Bonchev–Trinajstić information content (AvgIpc) is 2.86. The highest BCUT2D eigenvalue weighted by Gasteiger charge is 2.11. The number of imidazole rings is 1. The van der Waals surface area contributed by atoms with Crippen LogP contribution < -0.4 is 5.32 Å². The number of anilines is 1. The van der Waals surface area contributed by atoms with Crippen LogP contribution in [-0.2, 0) is 13.1 Å². The number of hydrogen-bond donors (Lipinski definition) is 1. The van der Waals surface area contributed by atoms with Crippen LogP contribution in [-0.4, -0.2) is 9.55 Å². The predicted molar refractivity (Wildman–Crippen MR) is 79.1 cm³/mol. The molecular formula is C16H15F2N3. The van der Waals surface area contributed by atoms with Crippen molar-refractivity contribution < 1.29 is 8.78 Å². The fraction of sp³-hybridized carbons (Fsp3) is 0.188. The molecule has 1 aromatic heterocycles. The van der Waals surface area contributed by atoms with Crippen LogP contribution in [0.1, 0.15) is 12.7 Å². The molecule has 0 atom stereocenters. The standard InChI is InChI=1S/C16H15F2N3/c1-2-21-14-9-4-3-7-12(14)20-15(21)10-19-13-8-5-6-11(17)16(13)18/h3-9,19H,2,10H2,1H3. The summed E-state index contributed by atoms with van der Waals surface area (Å²) in [6.07, 6.45) is 0. The highest BCUT2D eigenvalue weighted by Crippen LogP contribution is 2.19. The zero-order valence-electron chi connectivity index (χ0n) is 11.6. The number of para-hydroxylation sites is 2. The van der Waals surface area contributed by atoms with Gasteiger partial charge in [-0.1, -0.05) is 18.2 Å². The van der Waals surface area contributed by atoms with Gasteiger partial charge in [0, 0.05) is 6.54 Å². The molecule has 0 spiro atoms. The first-order chi connectivity index (χ1) is 10.2. The van der Waals surface area contributed by atoms with Crippen LogP contribution in [0.5, 0.6) is 0 Å². The van der Waals surface area contributed by atoms with E-state index in [9.17, 15) is 8.78 Å². The molecule has 0 aliphatic rings. The summed E-state index contributed by atoms with van der Waals surface area (Å²) in [6, 6.07) is 11.9. The van der Waals surface area contributed by atoms with Crippen molar-refractivity contribution in [2.45, 2.75) is 20.0 Å². The van der Waals surface area contributed by atoms with E-state index >= 15 is 0 Å². The van der Waals surface area contributed by atoms with Crippen LogP contribution in [0.4, 0.5) is 14.5 Å². The molecule has 21 heavy (non-hydrogen) atoms. The zero-order valence-corrected chi connectivity index (χ0v) is 11.6. The van der Waals surface area contributed by atoms with Gasteiger partial charge in [0.1, 0.15) is 5.82 Å². The number of hydrogen-bond acceptors (Lipinski definition) is 2. The third-order valence-corrected chi connectivity index (χ3v) is 3.44. The molecule has 108 valence electrons. The molecule has 1 heterocycles. The van der Waals surface area contributed by atoms with Crippen molar-refractivity contribution in [1.29, 1.82) is 0 Å². The fourth-order valence-electron chi connectivity index (χ4n) is 2.43. The summed E-state index contributed by atoms with van der Waals surface area (Å²) in [7, 11) is 0. The first kappa shape index (κ1) is 13.5. The minimum Gasteiger partial charge on any atom is -0.375 e.